The largest absolute Gasteiger partial charge is 0.378 e. The molecule has 0 aliphatic heterocycles. The molecule has 18 heavy (non-hydrogen) atoms. The fourth-order valence-corrected chi connectivity index (χ4v) is 4.42. The van der Waals surface area contributed by atoms with Gasteiger partial charge in [-0.05, 0) is 29.8 Å². The number of hydrogen-bond acceptors (Lipinski definition) is 4. The van der Waals surface area contributed by atoms with Crippen LogP contribution in [0.2, 0.25) is 0 Å². The average molecular weight is 393 g/mol. The van der Waals surface area contributed by atoms with Gasteiger partial charge in [-0.25, -0.2) is 8.42 Å². The first-order chi connectivity index (χ1) is 8.38. The highest BCUT2D eigenvalue weighted by atomic mass is 127. The summed E-state index contributed by atoms with van der Waals surface area (Å²) in [4.78, 5) is 2.99. The van der Waals surface area contributed by atoms with Gasteiger partial charge in [0, 0.05) is 24.7 Å². The van der Waals surface area contributed by atoms with E-state index >= 15 is 0 Å². The van der Waals surface area contributed by atoms with Gasteiger partial charge in [0.1, 0.15) is 4.21 Å². The maximum atomic E-state index is 11.4. The van der Waals surface area contributed by atoms with Crippen LogP contribution in [-0.4, -0.2) is 22.5 Å². The van der Waals surface area contributed by atoms with Crippen LogP contribution >= 0.6 is 32.5 Å². The van der Waals surface area contributed by atoms with E-state index in [0.717, 1.165) is 16.1 Å². The molecule has 0 unspecified atom stereocenters. The minimum Gasteiger partial charge on any atom is -0.378 e. The Morgan fingerprint density at radius 3 is 2.11 bits per heavy atom. The van der Waals surface area contributed by atoms with Crippen LogP contribution in [0.3, 0.4) is 0 Å². The molecular weight excluding hydrogens is 381 g/mol. The van der Waals surface area contributed by atoms with Crippen molar-refractivity contribution < 1.29 is 8.42 Å². The second-order valence-electron chi connectivity index (χ2n) is 4.00. The molecule has 0 spiro atoms. The molecule has 2 rings (SSSR count). The van der Waals surface area contributed by atoms with E-state index in [-0.39, 0.29) is 0 Å². The zero-order valence-corrected chi connectivity index (χ0v) is 13.7. The van der Waals surface area contributed by atoms with Crippen LogP contribution in [-0.2, 0) is 7.01 Å². The Bertz CT molecular complexity index is 645. The van der Waals surface area contributed by atoms with Crippen molar-refractivity contribution in [3.8, 4) is 10.4 Å². The molecule has 2 aromatic rings. The third kappa shape index (κ3) is 3.04. The summed E-state index contributed by atoms with van der Waals surface area (Å²) in [6, 6.07) is 11.6. The minimum absolute atomic E-state index is 0.398. The second-order valence-corrected chi connectivity index (χ2v) is 10.1. The molecular formula is C12H12INO2S2. The third-order valence-electron chi connectivity index (χ3n) is 2.49. The molecule has 0 N–H and O–H groups in total. The third-order valence-corrected chi connectivity index (χ3v) is 7.26. The van der Waals surface area contributed by atoms with Gasteiger partial charge in [-0.3, -0.25) is 0 Å². The monoisotopic (exact) mass is 393 g/mol. The zero-order chi connectivity index (χ0) is 13.3. The number of halogens is 1. The van der Waals surface area contributed by atoms with Gasteiger partial charge in [-0.15, -0.1) is 11.3 Å². The Balaban J connectivity index is 2.35. The average Bonchev–Trinajstić information content (AvgIpc) is 2.78. The number of anilines is 1. The van der Waals surface area contributed by atoms with Gasteiger partial charge in [0.15, 0.2) is 0 Å². The van der Waals surface area contributed by atoms with Crippen LogP contribution in [0.4, 0.5) is 5.69 Å². The molecule has 6 heteroatoms. The summed E-state index contributed by atoms with van der Waals surface area (Å²) in [5.74, 6) is 0. The summed E-state index contributed by atoms with van der Waals surface area (Å²) in [6.07, 6.45) is 0. The fourth-order valence-electron chi connectivity index (χ4n) is 1.53. The fraction of sp³-hybridized carbons (Fsp3) is 0.167. The number of benzene rings is 1. The first-order valence-electron chi connectivity index (χ1n) is 5.20. The van der Waals surface area contributed by atoms with Gasteiger partial charge in [0.2, 0.25) is 7.01 Å². The second kappa shape index (κ2) is 5.18. The first kappa shape index (κ1) is 13.8. The normalized spacial score (nSPS) is 11.5. The number of rotatable bonds is 3. The molecule has 0 saturated heterocycles. The number of thiophene rings is 1. The maximum Gasteiger partial charge on any atom is 0.240 e. The molecule has 0 bridgehead atoms. The lowest BCUT2D eigenvalue weighted by molar-refractivity contribution is 0.614. The highest BCUT2D eigenvalue weighted by molar-refractivity contribution is 14.2. The van der Waals surface area contributed by atoms with Crippen LogP contribution in [0.25, 0.3) is 10.4 Å². The van der Waals surface area contributed by atoms with E-state index in [4.69, 9.17) is 0 Å². The molecule has 0 saturated carbocycles. The molecule has 3 nitrogen and oxygen atoms in total. The lowest BCUT2D eigenvalue weighted by Crippen LogP contribution is -2.07. The van der Waals surface area contributed by atoms with E-state index in [1.165, 1.54) is 32.5 Å². The SMILES string of the molecule is CN(C)c1ccc(-c2ccc(S(=O)(=O)I)s2)cc1. The van der Waals surface area contributed by atoms with Crippen LogP contribution in [0.15, 0.2) is 40.6 Å². The van der Waals surface area contributed by atoms with Crippen LogP contribution in [0.5, 0.6) is 0 Å². The Kier molecular flexibility index (Phi) is 3.98. The highest BCUT2D eigenvalue weighted by Gasteiger charge is 2.13. The highest BCUT2D eigenvalue weighted by Crippen LogP contribution is 2.33. The van der Waals surface area contributed by atoms with Crippen molar-refractivity contribution >= 4 is 45.2 Å². The van der Waals surface area contributed by atoms with Crippen molar-refractivity contribution in [3.05, 3.63) is 36.4 Å². The topological polar surface area (TPSA) is 37.4 Å². The van der Waals surface area contributed by atoms with Gasteiger partial charge in [0.05, 0.1) is 21.2 Å². The van der Waals surface area contributed by atoms with Gasteiger partial charge < -0.3 is 4.90 Å². The lowest BCUT2D eigenvalue weighted by Gasteiger charge is -2.12. The summed E-state index contributed by atoms with van der Waals surface area (Å²) in [5.41, 5.74) is 2.16. The van der Waals surface area contributed by atoms with Gasteiger partial charge >= 0.3 is 0 Å². The molecule has 0 fully saturated rings. The predicted molar refractivity (Wildman–Crippen MR) is 85.3 cm³/mol. The van der Waals surface area contributed by atoms with Crippen molar-refractivity contribution in [2.75, 3.05) is 19.0 Å². The summed E-state index contributed by atoms with van der Waals surface area (Å²) < 4.78 is 23.2. The molecule has 0 aliphatic rings. The molecule has 0 amide bonds. The summed E-state index contributed by atoms with van der Waals surface area (Å²) >= 11 is 2.76. The van der Waals surface area contributed by atoms with E-state index in [2.05, 4.69) is 0 Å². The van der Waals surface area contributed by atoms with Crippen LogP contribution in [0, 0.1) is 0 Å². The Labute approximate surface area is 123 Å². The van der Waals surface area contributed by atoms with E-state index in [0.29, 0.717) is 4.21 Å². The summed E-state index contributed by atoms with van der Waals surface area (Å²) in [7, 11) is 0.843. The van der Waals surface area contributed by atoms with Gasteiger partial charge in [-0.1, -0.05) is 12.1 Å². The van der Waals surface area contributed by atoms with E-state index in [1.807, 2.05) is 49.3 Å². The van der Waals surface area contributed by atoms with E-state index in [1.54, 1.807) is 6.07 Å². The Morgan fingerprint density at radius 1 is 1.06 bits per heavy atom. The zero-order valence-electron chi connectivity index (χ0n) is 9.92. The molecule has 96 valence electrons. The van der Waals surface area contributed by atoms with Gasteiger partial charge in [0.25, 0.3) is 0 Å². The summed E-state index contributed by atoms with van der Waals surface area (Å²) in [6.45, 7) is 0. The smallest absolute Gasteiger partial charge is 0.240 e. The molecule has 1 aromatic heterocycles. The standard InChI is InChI=1S/C12H12INO2S2/c1-14(2)10-5-3-9(4-6-10)11-7-8-12(17-11)18(13,15)16/h3-8H,1-2H3. The number of nitrogens with zero attached hydrogens (tertiary/aromatic N) is 1. The summed E-state index contributed by atoms with van der Waals surface area (Å²) in [5, 5.41) is 0. The van der Waals surface area contributed by atoms with Crippen molar-refractivity contribution in [1.82, 2.24) is 0 Å². The van der Waals surface area contributed by atoms with Gasteiger partial charge in [-0.2, -0.15) is 0 Å². The number of hydrogen-bond donors (Lipinski definition) is 0. The molecule has 0 aliphatic carbocycles. The van der Waals surface area contributed by atoms with Crippen molar-refractivity contribution in [2.45, 2.75) is 4.21 Å². The van der Waals surface area contributed by atoms with Crippen LogP contribution < -0.4 is 4.90 Å². The van der Waals surface area contributed by atoms with Crippen molar-refractivity contribution in [2.24, 2.45) is 0 Å². The van der Waals surface area contributed by atoms with E-state index in [9.17, 15) is 8.42 Å². The Hall–Kier alpha value is -0.600. The van der Waals surface area contributed by atoms with Crippen LogP contribution in [0.1, 0.15) is 0 Å². The maximum absolute atomic E-state index is 11.4. The van der Waals surface area contributed by atoms with Crippen molar-refractivity contribution in [3.63, 3.8) is 0 Å². The Morgan fingerprint density at radius 2 is 1.67 bits per heavy atom. The van der Waals surface area contributed by atoms with E-state index < -0.39 is 7.01 Å². The quantitative estimate of drug-likeness (QED) is 0.591. The molecule has 0 radical (unpaired) electrons. The first-order valence-corrected chi connectivity index (χ1v) is 10.0. The lowest BCUT2D eigenvalue weighted by atomic mass is 10.2. The molecule has 0 atom stereocenters. The minimum atomic E-state index is -3.13. The van der Waals surface area contributed by atoms with Crippen molar-refractivity contribution in [1.29, 1.82) is 0 Å². The molecule has 1 aromatic carbocycles. The predicted octanol–water partition coefficient (Wildman–Crippen LogP) is 3.60. The molecule has 1 heterocycles.